The Morgan fingerprint density at radius 3 is 2.44 bits per heavy atom. The minimum absolute atomic E-state index is 0.0673. The summed E-state index contributed by atoms with van der Waals surface area (Å²) in [6.07, 6.45) is 2.92. The molecule has 3 aliphatic carbocycles. The zero-order chi connectivity index (χ0) is 22.1. The predicted octanol–water partition coefficient (Wildman–Crippen LogP) is 6.43. The number of aliphatic hydroxyl groups is 1. The second-order valence-electron chi connectivity index (χ2n) is 10.3. The molecule has 0 amide bonds. The van der Waals surface area contributed by atoms with E-state index in [0.717, 1.165) is 34.5 Å². The van der Waals surface area contributed by atoms with Gasteiger partial charge in [-0.2, -0.15) is 0 Å². The first-order chi connectivity index (χ1) is 15.4. The Labute approximate surface area is 189 Å². The van der Waals surface area contributed by atoms with E-state index in [-0.39, 0.29) is 11.3 Å². The topological polar surface area (TPSA) is 46.0 Å². The van der Waals surface area contributed by atoms with Crippen molar-refractivity contribution in [3.8, 4) is 11.4 Å². The van der Waals surface area contributed by atoms with Crippen molar-refractivity contribution >= 4 is 10.8 Å². The van der Waals surface area contributed by atoms with Crippen LogP contribution in [0.3, 0.4) is 0 Å². The molecule has 1 saturated carbocycles. The molecule has 0 unspecified atom stereocenters. The van der Waals surface area contributed by atoms with Crippen molar-refractivity contribution in [1.82, 2.24) is 9.97 Å². The summed E-state index contributed by atoms with van der Waals surface area (Å²) in [5.74, 6) is 0.812. The van der Waals surface area contributed by atoms with Crippen molar-refractivity contribution in [1.29, 1.82) is 0 Å². The molecular weight excluding hydrogens is 392 g/mol. The van der Waals surface area contributed by atoms with Crippen LogP contribution in [0.2, 0.25) is 0 Å². The van der Waals surface area contributed by atoms with Gasteiger partial charge in [0.2, 0.25) is 0 Å². The smallest absolute Gasteiger partial charge is 0.0955 e. The highest BCUT2D eigenvalue weighted by Gasteiger charge is 2.61. The number of fused-ring (bicyclic) bond motifs is 1. The summed E-state index contributed by atoms with van der Waals surface area (Å²) in [6.45, 7) is 6.69. The van der Waals surface area contributed by atoms with Crippen LogP contribution in [-0.4, -0.2) is 15.1 Å². The minimum Gasteiger partial charge on any atom is -0.385 e. The van der Waals surface area contributed by atoms with Crippen molar-refractivity contribution in [3.63, 3.8) is 0 Å². The highest BCUT2D eigenvalue weighted by atomic mass is 16.3. The normalized spacial score (nSPS) is 24.9. The Morgan fingerprint density at radius 2 is 1.69 bits per heavy atom. The second-order valence-corrected chi connectivity index (χ2v) is 10.3. The van der Waals surface area contributed by atoms with Gasteiger partial charge in [0.25, 0.3) is 0 Å². The third-order valence-electron chi connectivity index (χ3n) is 8.24. The summed E-state index contributed by atoms with van der Waals surface area (Å²) in [7, 11) is 0. The molecule has 3 nitrogen and oxygen atoms in total. The van der Waals surface area contributed by atoms with Gasteiger partial charge < -0.3 is 5.11 Å². The molecule has 160 valence electrons. The highest BCUT2D eigenvalue weighted by molar-refractivity contribution is 5.83. The SMILES string of the molecule is CC1(C)[C@@H]2C[C@H]1c1ccc(-c3ccccn3)nc1[C@H]2[C@](C)(O)c1ccc2ccccc2c1. The Balaban J connectivity index is 1.52. The lowest BCUT2D eigenvalue weighted by molar-refractivity contribution is -0.0906. The monoisotopic (exact) mass is 420 g/mol. The van der Waals surface area contributed by atoms with Crippen LogP contribution in [0.5, 0.6) is 0 Å². The van der Waals surface area contributed by atoms with Gasteiger partial charge in [-0.1, -0.05) is 62.4 Å². The molecule has 3 heteroatoms. The van der Waals surface area contributed by atoms with Crippen molar-refractivity contribution in [2.75, 3.05) is 0 Å². The summed E-state index contributed by atoms with van der Waals surface area (Å²) in [5, 5.41) is 14.5. The van der Waals surface area contributed by atoms with E-state index in [4.69, 9.17) is 4.98 Å². The van der Waals surface area contributed by atoms with E-state index < -0.39 is 5.60 Å². The van der Waals surface area contributed by atoms with Crippen molar-refractivity contribution in [2.45, 2.75) is 44.6 Å². The summed E-state index contributed by atoms with van der Waals surface area (Å²) in [6, 6.07) is 24.9. The van der Waals surface area contributed by atoms with E-state index in [1.165, 1.54) is 10.9 Å². The molecule has 2 aromatic heterocycles. The van der Waals surface area contributed by atoms with Crippen LogP contribution in [0.25, 0.3) is 22.2 Å². The number of hydrogen-bond donors (Lipinski definition) is 1. The van der Waals surface area contributed by atoms with Gasteiger partial charge in [0.1, 0.15) is 0 Å². The van der Waals surface area contributed by atoms with Crippen LogP contribution < -0.4 is 0 Å². The fourth-order valence-electron chi connectivity index (χ4n) is 6.27. The molecular formula is C29H28N2O. The average Bonchev–Trinajstić information content (AvgIpc) is 2.82. The summed E-state index contributed by atoms with van der Waals surface area (Å²) in [5.41, 5.74) is 4.17. The van der Waals surface area contributed by atoms with Crippen LogP contribution in [0, 0.1) is 11.3 Å². The molecule has 2 aromatic carbocycles. The zero-order valence-electron chi connectivity index (χ0n) is 18.8. The molecule has 7 rings (SSSR count). The number of hydrogen-bond acceptors (Lipinski definition) is 3. The molecule has 0 radical (unpaired) electrons. The van der Waals surface area contributed by atoms with Crippen LogP contribution >= 0.6 is 0 Å². The van der Waals surface area contributed by atoms with Gasteiger partial charge in [0, 0.05) is 12.1 Å². The molecule has 3 aliphatic rings. The maximum Gasteiger partial charge on any atom is 0.0955 e. The van der Waals surface area contributed by atoms with E-state index in [0.29, 0.717) is 11.8 Å². The number of benzene rings is 2. The number of nitrogens with zero attached hydrogens (tertiary/aromatic N) is 2. The van der Waals surface area contributed by atoms with Crippen LogP contribution in [0.4, 0.5) is 0 Å². The summed E-state index contributed by atoms with van der Waals surface area (Å²) >= 11 is 0. The van der Waals surface area contributed by atoms with Crippen molar-refractivity contribution < 1.29 is 5.11 Å². The highest BCUT2D eigenvalue weighted by Crippen LogP contribution is 2.69. The van der Waals surface area contributed by atoms with E-state index >= 15 is 0 Å². The number of rotatable bonds is 3. The van der Waals surface area contributed by atoms with Gasteiger partial charge in [0.15, 0.2) is 0 Å². The first-order valence-electron chi connectivity index (χ1n) is 11.5. The quantitative estimate of drug-likeness (QED) is 0.415. The fourth-order valence-corrected chi connectivity index (χ4v) is 6.27. The minimum atomic E-state index is -1.03. The van der Waals surface area contributed by atoms with Gasteiger partial charge in [-0.15, -0.1) is 0 Å². The average molecular weight is 421 g/mol. The van der Waals surface area contributed by atoms with Crippen LogP contribution in [0.1, 0.15) is 55.8 Å². The third-order valence-corrected chi connectivity index (χ3v) is 8.24. The van der Waals surface area contributed by atoms with Gasteiger partial charge in [-0.05, 0) is 76.8 Å². The molecule has 4 atom stereocenters. The summed E-state index contributed by atoms with van der Waals surface area (Å²) < 4.78 is 0. The van der Waals surface area contributed by atoms with Gasteiger partial charge >= 0.3 is 0 Å². The predicted molar refractivity (Wildman–Crippen MR) is 128 cm³/mol. The van der Waals surface area contributed by atoms with Gasteiger partial charge in [-0.25, -0.2) is 0 Å². The molecule has 1 N–H and O–H groups in total. The summed E-state index contributed by atoms with van der Waals surface area (Å²) in [4.78, 5) is 9.65. The van der Waals surface area contributed by atoms with Crippen molar-refractivity contribution in [2.24, 2.45) is 11.3 Å². The molecule has 2 bridgehead atoms. The third kappa shape index (κ3) is 2.70. The molecule has 0 aliphatic heterocycles. The van der Waals surface area contributed by atoms with Gasteiger partial charge in [-0.3, -0.25) is 9.97 Å². The first-order valence-corrected chi connectivity index (χ1v) is 11.5. The van der Waals surface area contributed by atoms with E-state index in [1.807, 2.05) is 25.1 Å². The standard InChI is InChI=1S/C29H28N2O/c1-28(2)22-17-23(28)26(27-21(22)13-14-25(31-27)24-10-6-7-15-30-24)29(3,32)20-12-11-18-8-4-5-9-19(18)16-20/h4-16,22-23,26,32H,17H2,1-3H3/t22-,23+,26-,29+/m0/s1. The fraction of sp³-hybridized carbons (Fsp3) is 0.310. The molecule has 4 aromatic rings. The first kappa shape index (κ1) is 19.6. The van der Waals surface area contributed by atoms with Crippen LogP contribution in [-0.2, 0) is 5.60 Å². The van der Waals surface area contributed by atoms with E-state index in [9.17, 15) is 5.11 Å². The number of aromatic nitrogens is 2. The second kappa shape index (κ2) is 6.73. The lowest BCUT2D eigenvalue weighted by Gasteiger charge is -2.62. The molecule has 32 heavy (non-hydrogen) atoms. The van der Waals surface area contributed by atoms with E-state index in [2.05, 4.69) is 73.4 Å². The zero-order valence-corrected chi connectivity index (χ0v) is 18.8. The lowest BCUT2D eigenvalue weighted by atomic mass is 9.42. The molecule has 0 saturated heterocycles. The van der Waals surface area contributed by atoms with E-state index in [1.54, 1.807) is 6.20 Å². The van der Waals surface area contributed by atoms with Crippen LogP contribution in [0.15, 0.2) is 79.0 Å². The Morgan fingerprint density at radius 1 is 0.906 bits per heavy atom. The maximum absolute atomic E-state index is 12.1. The molecule has 0 spiro atoms. The lowest BCUT2D eigenvalue weighted by Crippen LogP contribution is -2.55. The largest absolute Gasteiger partial charge is 0.385 e. The Hall–Kier alpha value is -3.04. The Kier molecular flexibility index (Phi) is 4.13. The number of pyridine rings is 2. The van der Waals surface area contributed by atoms with Gasteiger partial charge in [0.05, 0.1) is 22.7 Å². The Bertz CT molecular complexity index is 1330. The molecule has 2 heterocycles. The molecule has 1 fully saturated rings. The maximum atomic E-state index is 12.1. The van der Waals surface area contributed by atoms with Crippen molar-refractivity contribution in [3.05, 3.63) is 95.8 Å².